The lowest BCUT2D eigenvalue weighted by Gasteiger charge is -2.30. The molecule has 0 spiro atoms. The predicted molar refractivity (Wildman–Crippen MR) is 109 cm³/mol. The van der Waals surface area contributed by atoms with Gasteiger partial charge in [0, 0.05) is 44.0 Å². The largest absolute Gasteiger partial charge is 0.361 e. The van der Waals surface area contributed by atoms with Crippen molar-refractivity contribution in [1.82, 2.24) is 20.4 Å². The molecule has 7 heteroatoms. The molecule has 3 rings (SSSR count). The van der Waals surface area contributed by atoms with Gasteiger partial charge in [-0.15, -0.1) is 0 Å². The Morgan fingerprint density at radius 2 is 2.17 bits per heavy atom. The highest BCUT2D eigenvalue weighted by Gasteiger charge is 2.23. The molecule has 0 fully saturated rings. The van der Waals surface area contributed by atoms with Crippen LogP contribution in [0.2, 0.25) is 0 Å². The van der Waals surface area contributed by atoms with Crippen molar-refractivity contribution in [2.45, 2.75) is 53.6 Å². The lowest BCUT2D eigenvalue weighted by Crippen LogP contribution is -2.36. The van der Waals surface area contributed by atoms with Crippen LogP contribution in [0, 0.1) is 12.8 Å². The average molecular weight is 396 g/mol. The van der Waals surface area contributed by atoms with Gasteiger partial charge in [-0.3, -0.25) is 14.6 Å². The van der Waals surface area contributed by atoms with Gasteiger partial charge < -0.3 is 14.7 Å². The van der Waals surface area contributed by atoms with Gasteiger partial charge in [0.25, 0.3) is 5.91 Å². The SMILES string of the molecule is CCc1cc(C(=O)NCc2c(C)ncc3c2CCN(C(=O)C=CC(C)C)C3)no1. The van der Waals surface area contributed by atoms with Gasteiger partial charge in [0.2, 0.25) is 5.91 Å². The van der Waals surface area contributed by atoms with Crippen LogP contribution in [0.3, 0.4) is 0 Å². The second-order valence-corrected chi connectivity index (χ2v) is 7.65. The van der Waals surface area contributed by atoms with Crippen molar-refractivity contribution in [1.29, 1.82) is 0 Å². The highest BCUT2D eigenvalue weighted by atomic mass is 16.5. The molecule has 0 bridgehead atoms. The Hall–Kier alpha value is -2.96. The molecule has 3 heterocycles. The number of hydrogen-bond acceptors (Lipinski definition) is 5. The molecule has 0 unspecified atom stereocenters. The number of rotatable bonds is 6. The number of aromatic nitrogens is 2. The molecule has 154 valence electrons. The molecule has 2 amide bonds. The number of amides is 2. The van der Waals surface area contributed by atoms with Crippen molar-refractivity contribution in [3.8, 4) is 0 Å². The van der Waals surface area contributed by atoms with E-state index in [1.54, 1.807) is 12.1 Å². The van der Waals surface area contributed by atoms with Crippen molar-refractivity contribution >= 4 is 11.8 Å². The van der Waals surface area contributed by atoms with Gasteiger partial charge in [-0.1, -0.05) is 32.0 Å². The molecule has 0 atom stereocenters. The molecule has 7 nitrogen and oxygen atoms in total. The zero-order valence-corrected chi connectivity index (χ0v) is 17.5. The van der Waals surface area contributed by atoms with Crippen LogP contribution in [-0.2, 0) is 30.7 Å². The number of carbonyl (C=O) groups is 2. The van der Waals surface area contributed by atoms with E-state index in [2.05, 4.69) is 15.5 Å². The van der Waals surface area contributed by atoms with Crippen molar-refractivity contribution < 1.29 is 14.1 Å². The van der Waals surface area contributed by atoms with Gasteiger partial charge in [-0.05, 0) is 42.0 Å². The Balaban J connectivity index is 1.71. The quantitative estimate of drug-likeness (QED) is 0.759. The van der Waals surface area contributed by atoms with E-state index in [0.29, 0.717) is 37.7 Å². The lowest BCUT2D eigenvalue weighted by molar-refractivity contribution is -0.126. The Bertz CT molecular complexity index is 930. The summed E-state index contributed by atoms with van der Waals surface area (Å²) < 4.78 is 5.10. The zero-order valence-electron chi connectivity index (χ0n) is 17.5. The highest BCUT2D eigenvalue weighted by molar-refractivity contribution is 5.92. The van der Waals surface area contributed by atoms with Crippen LogP contribution >= 0.6 is 0 Å². The molecule has 0 radical (unpaired) electrons. The normalized spacial score (nSPS) is 13.8. The van der Waals surface area contributed by atoms with Crippen LogP contribution in [0.4, 0.5) is 0 Å². The minimum absolute atomic E-state index is 0.0255. The molecule has 0 saturated carbocycles. The van der Waals surface area contributed by atoms with Gasteiger partial charge in [0.05, 0.1) is 0 Å². The molecule has 1 aliphatic heterocycles. The van der Waals surface area contributed by atoms with Crippen molar-refractivity contribution in [3.05, 3.63) is 58.3 Å². The van der Waals surface area contributed by atoms with Crippen LogP contribution in [-0.4, -0.2) is 33.4 Å². The second-order valence-electron chi connectivity index (χ2n) is 7.65. The summed E-state index contributed by atoms with van der Waals surface area (Å²) in [6.45, 7) is 9.54. The number of allylic oxidation sites excluding steroid dienone is 1. The van der Waals surface area contributed by atoms with E-state index in [1.807, 2.05) is 44.9 Å². The Morgan fingerprint density at radius 3 is 2.86 bits per heavy atom. The van der Waals surface area contributed by atoms with Gasteiger partial charge >= 0.3 is 0 Å². The van der Waals surface area contributed by atoms with E-state index >= 15 is 0 Å². The van der Waals surface area contributed by atoms with Crippen LogP contribution < -0.4 is 5.32 Å². The molecule has 1 N–H and O–H groups in total. The monoisotopic (exact) mass is 396 g/mol. The minimum atomic E-state index is -0.267. The Labute approximate surface area is 171 Å². The van der Waals surface area contributed by atoms with Crippen LogP contribution in [0.25, 0.3) is 0 Å². The molecular formula is C22H28N4O3. The third-order valence-electron chi connectivity index (χ3n) is 5.10. The van der Waals surface area contributed by atoms with Crippen LogP contribution in [0.1, 0.15) is 59.4 Å². The fourth-order valence-electron chi connectivity index (χ4n) is 3.37. The molecular weight excluding hydrogens is 368 g/mol. The number of pyridine rings is 1. The van der Waals surface area contributed by atoms with Crippen molar-refractivity contribution in [2.24, 2.45) is 5.92 Å². The maximum absolute atomic E-state index is 12.4. The van der Waals surface area contributed by atoms with E-state index in [0.717, 1.165) is 23.2 Å². The molecule has 29 heavy (non-hydrogen) atoms. The lowest BCUT2D eigenvalue weighted by atomic mass is 9.94. The first kappa shape index (κ1) is 20.8. The predicted octanol–water partition coefficient (Wildman–Crippen LogP) is 2.97. The summed E-state index contributed by atoms with van der Waals surface area (Å²) in [7, 11) is 0. The van der Waals surface area contributed by atoms with E-state index in [9.17, 15) is 9.59 Å². The highest BCUT2D eigenvalue weighted by Crippen LogP contribution is 2.24. The third-order valence-corrected chi connectivity index (χ3v) is 5.10. The maximum Gasteiger partial charge on any atom is 0.273 e. The smallest absolute Gasteiger partial charge is 0.273 e. The third kappa shape index (κ3) is 4.91. The standard InChI is InChI=1S/C22H28N4O3/c1-5-17-10-20(25-29-17)22(28)24-12-19-15(4)23-11-16-13-26(9-8-18(16)19)21(27)7-6-14(2)3/h6-7,10-11,14H,5,8-9,12-13H2,1-4H3,(H,24,28). The summed E-state index contributed by atoms with van der Waals surface area (Å²) in [5.41, 5.74) is 4.39. The van der Waals surface area contributed by atoms with Crippen LogP contribution in [0.5, 0.6) is 0 Å². The summed E-state index contributed by atoms with van der Waals surface area (Å²) in [5.74, 6) is 0.782. The molecule has 0 saturated heterocycles. The van der Waals surface area contributed by atoms with Gasteiger partial charge in [-0.25, -0.2) is 0 Å². The molecule has 1 aliphatic rings. The first-order valence-corrected chi connectivity index (χ1v) is 10.1. The fourth-order valence-corrected chi connectivity index (χ4v) is 3.37. The number of nitrogens with zero attached hydrogens (tertiary/aromatic N) is 3. The summed E-state index contributed by atoms with van der Waals surface area (Å²) in [4.78, 5) is 31.1. The first-order chi connectivity index (χ1) is 13.9. The Morgan fingerprint density at radius 1 is 1.38 bits per heavy atom. The summed E-state index contributed by atoms with van der Waals surface area (Å²) in [5, 5.41) is 6.73. The summed E-state index contributed by atoms with van der Waals surface area (Å²) in [6, 6.07) is 1.66. The topological polar surface area (TPSA) is 88.3 Å². The number of fused-ring (bicyclic) bond motifs is 1. The van der Waals surface area contributed by atoms with Crippen molar-refractivity contribution in [2.75, 3.05) is 6.54 Å². The number of carbonyl (C=O) groups excluding carboxylic acids is 2. The van der Waals surface area contributed by atoms with Gasteiger partial charge in [0.1, 0.15) is 5.76 Å². The zero-order chi connectivity index (χ0) is 21.0. The number of nitrogens with one attached hydrogen (secondary N) is 1. The average Bonchev–Trinajstić information content (AvgIpc) is 3.20. The number of aryl methyl sites for hydroxylation is 2. The summed E-state index contributed by atoms with van der Waals surface area (Å²) in [6.07, 6.45) is 6.85. The summed E-state index contributed by atoms with van der Waals surface area (Å²) >= 11 is 0. The Kier molecular flexibility index (Phi) is 6.46. The minimum Gasteiger partial charge on any atom is -0.361 e. The van der Waals surface area contributed by atoms with Crippen LogP contribution in [0.15, 0.2) is 28.9 Å². The second kappa shape index (κ2) is 9.03. The van der Waals surface area contributed by atoms with Gasteiger partial charge in [0.15, 0.2) is 5.69 Å². The molecule has 0 aromatic carbocycles. The maximum atomic E-state index is 12.4. The van der Waals surface area contributed by atoms with E-state index in [-0.39, 0.29) is 17.5 Å². The molecule has 0 aliphatic carbocycles. The van der Waals surface area contributed by atoms with Gasteiger partial charge in [-0.2, -0.15) is 0 Å². The molecule has 2 aromatic rings. The fraction of sp³-hybridized carbons (Fsp3) is 0.455. The van der Waals surface area contributed by atoms with E-state index in [1.165, 1.54) is 5.56 Å². The van der Waals surface area contributed by atoms with E-state index in [4.69, 9.17) is 4.52 Å². The van der Waals surface area contributed by atoms with Crippen molar-refractivity contribution in [3.63, 3.8) is 0 Å². The molecule has 2 aromatic heterocycles. The first-order valence-electron chi connectivity index (χ1n) is 10.1. The van der Waals surface area contributed by atoms with E-state index < -0.39 is 0 Å². The number of hydrogen-bond donors (Lipinski definition) is 1.